The molecule has 1 fully saturated rings. The molecule has 0 aromatic rings. The zero-order chi connectivity index (χ0) is 8.10. The lowest BCUT2D eigenvalue weighted by atomic mass is 10.0. The van der Waals surface area contributed by atoms with E-state index in [0.29, 0.717) is 12.6 Å². The Kier molecular flexibility index (Phi) is 4.41. The molecule has 0 amide bonds. The molecule has 11 heavy (non-hydrogen) atoms. The quantitative estimate of drug-likeness (QED) is 0.726. The Morgan fingerprint density at radius 1 is 1.45 bits per heavy atom. The maximum absolute atomic E-state index is 9.03. The molecule has 3 heteroatoms. The molecule has 1 heterocycles. The van der Waals surface area contributed by atoms with E-state index >= 15 is 0 Å². The maximum atomic E-state index is 9.03. The minimum Gasteiger partial charge on any atom is -0.395 e. The molecular weight excluding hydrogens is 206 g/mol. The minimum absolute atomic E-state index is 0.326. The summed E-state index contributed by atoms with van der Waals surface area (Å²) in [4.78, 5) is 2.37. The lowest BCUT2D eigenvalue weighted by Crippen LogP contribution is -2.42. The van der Waals surface area contributed by atoms with Crippen LogP contribution in [-0.4, -0.2) is 41.1 Å². The summed E-state index contributed by atoms with van der Waals surface area (Å²) in [7, 11) is 0. The van der Waals surface area contributed by atoms with Crippen molar-refractivity contribution in [1.82, 2.24) is 4.90 Å². The van der Waals surface area contributed by atoms with Crippen molar-refractivity contribution in [2.45, 2.75) is 25.3 Å². The summed E-state index contributed by atoms with van der Waals surface area (Å²) in [6, 6.07) is 0.432. The van der Waals surface area contributed by atoms with Crippen LogP contribution < -0.4 is 0 Å². The van der Waals surface area contributed by atoms with E-state index in [9.17, 15) is 0 Å². The van der Waals surface area contributed by atoms with Crippen LogP contribution in [0.4, 0.5) is 0 Å². The summed E-state index contributed by atoms with van der Waals surface area (Å²) in [6.07, 6.45) is 3.75. The highest BCUT2D eigenvalue weighted by Gasteiger charge is 2.20. The van der Waals surface area contributed by atoms with Crippen LogP contribution in [0.2, 0.25) is 0 Å². The first-order chi connectivity index (χ1) is 5.38. The Morgan fingerprint density at radius 3 is 2.91 bits per heavy atom. The van der Waals surface area contributed by atoms with Crippen LogP contribution in [0.1, 0.15) is 19.3 Å². The van der Waals surface area contributed by atoms with Crippen LogP contribution in [0, 0.1) is 0 Å². The number of halogens is 1. The molecule has 0 radical (unpaired) electrons. The number of aliphatic hydroxyl groups is 1. The first-order valence-corrected chi connectivity index (χ1v) is 5.41. The number of likely N-dealkylation sites (tertiary alicyclic amines) is 1. The van der Waals surface area contributed by atoms with Crippen LogP contribution in [-0.2, 0) is 0 Å². The standard InChI is InChI=1S/C8H16BrNO/c9-4-6-10-5-2-1-3-8(10)7-11/h8,11H,1-7H2. The van der Waals surface area contributed by atoms with E-state index in [1.165, 1.54) is 19.3 Å². The summed E-state index contributed by atoms with van der Waals surface area (Å²) in [5.74, 6) is 0. The lowest BCUT2D eigenvalue weighted by molar-refractivity contribution is 0.0965. The predicted molar refractivity (Wildman–Crippen MR) is 50.1 cm³/mol. The second-order valence-corrected chi connectivity index (χ2v) is 3.85. The Balaban J connectivity index is 2.31. The van der Waals surface area contributed by atoms with Crippen molar-refractivity contribution < 1.29 is 5.11 Å². The number of aliphatic hydroxyl groups excluding tert-OH is 1. The van der Waals surface area contributed by atoms with Gasteiger partial charge in [-0.3, -0.25) is 4.90 Å². The van der Waals surface area contributed by atoms with Gasteiger partial charge in [-0.05, 0) is 19.4 Å². The zero-order valence-electron chi connectivity index (χ0n) is 6.80. The normalized spacial score (nSPS) is 27.3. The number of hydrogen-bond donors (Lipinski definition) is 1. The van der Waals surface area contributed by atoms with Gasteiger partial charge in [0.25, 0.3) is 0 Å². The molecule has 0 aromatic heterocycles. The summed E-state index contributed by atoms with van der Waals surface area (Å²) >= 11 is 3.42. The molecule has 1 aliphatic rings. The fourth-order valence-electron chi connectivity index (χ4n) is 1.67. The SMILES string of the molecule is OCC1CCCCN1CCBr. The van der Waals surface area contributed by atoms with Crippen molar-refractivity contribution in [3.05, 3.63) is 0 Å². The van der Waals surface area contributed by atoms with Crippen molar-refractivity contribution in [2.75, 3.05) is 25.0 Å². The van der Waals surface area contributed by atoms with Gasteiger partial charge in [0, 0.05) is 17.9 Å². The molecule has 1 unspecified atom stereocenters. The molecule has 0 bridgehead atoms. The molecule has 0 aliphatic carbocycles. The highest BCUT2D eigenvalue weighted by Crippen LogP contribution is 2.15. The van der Waals surface area contributed by atoms with E-state index in [-0.39, 0.29) is 0 Å². The first-order valence-electron chi connectivity index (χ1n) is 4.29. The van der Waals surface area contributed by atoms with Crippen molar-refractivity contribution in [3.8, 4) is 0 Å². The summed E-state index contributed by atoms with van der Waals surface area (Å²) in [6.45, 7) is 2.56. The fourth-order valence-corrected chi connectivity index (χ4v) is 2.13. The van der Waals surface area contributed by atoms with Gasteiger partial charge in [-0.2, -0.15) is 0 Å². The van der Waals surface area contributed by atoms with Crippen molar-refractivity contribution in [3.63, 3.8) is 0 Å². The second kappa shape index (κ2) is 5.12. The summed E-state index contributed by atoms with van der Waals surface area (Å²) in [5.41, 5.74) is 0. The van der Waals surface area contributed by atoms with Crippen LogP contribution in [0.3, 0.4) is 0 Å². The van der Waals surface area contributed by atoms with Crippen LogP contribution in [0.5, 0.6) is 0 Å². The highest BCUT2D eigenvalue weighted by atomic mass is 79.9. The number of rotatable bonds is 3. The molecule has 0 spiro atoms. The molecule has 1 atom stereocenters. The Hall–Kier alpha value is 0.400. The molecule has 0 aromatic carbocycles. The molecule has 2 nitrogen and oxygen atoms in total. The molecule has 1 rings (SSSR count). The predicted octanol–water partition coefficient (Wildman–Crippen LogP) is 1.23. The topological polar surface area (TPSA) is 23.5 Å². The minimum atomic E-state index is 0.326. The lowest BCUT2D eigenvalue weighted by Gasteiger charge is -2.33. The van der Waals surface area contributed by atoms with Crippen LogP contribution >= 0.6 is 15.9 Å². The Bertz CT molecular complexity index is 108. The van der Waals surface area contributed by atoms with Crippen molar-refractivity contribution >= 4 is 15.9 Å². The van der Waals surface area contributed by atoms with Gasteiger partial charge in [0.1, 0.15) is 0 Å². The number of nitrogens with zero attached hydrogens (tertiary/aromatic N) is 1. The smallest absolute Gasteiger partial charge is 0.0586 e. The third-order valence-electron chi connectivity index (χ3n) is 2.33. The first kappa shape index (κ1) is 9.49. The molecule has 0 saturated carbocycles. The Labute approximate surface area is 76.7 Å². The molecule has 1 N–H and O–H groups in total. The van der Waals surface area contributed by atoms with E-state index < -0.39 is 0 Å². The van der Waals surface area contributed by atoms with Crippen molar-refractivity contribution in [1.29, 1.82) is 0 Å². The van der Waals surface area contributed by atoms with Gasteiger partial charge in [0.2, 0.25) is 0 Å². The second-order valence-electron chi connectivity index (χ2n) is 3.06. The molecule has 1 saturated heterocycles. The van der Waals surface area contributed by atoms with E-state index in [0.717, 1.165) is 18.4 Å². The number of alkyl halides is 1. The fraction of sp³-hybridized carbons (Fsp3) is 1.00. The van der Waals surface area contributed by atoms with Crippen LogP contribution in [0.15, 0.2) is 0 Å². The highest BCUT2D eigenvalue weighted by molar-refractivity contribution is 9.09. The largest absolute Gasteiger partial charge is 0.395 e. The van der Waals surface area contributed by atoms with Gasteiger partial charge in [0.15, 0.2) is 0 Å². The van der Waals surface area contributed by atoms with Gasteiger partial charge in [-0.1, -0.05) is 22.4 Å². The third-order valence-corrected chi connectivity index (χ3v) is 2.69. The van der Waals surface area contributed by atoms with E-state index in [4.69, 9.17) is 5.11 Å². The van der Waals surface area contributed by atoms with E-state index in [1.54, 1.807) is 0 Å². The average Bonchev–Trinajstić information content (AvgIpc) is 2.06. The zero-order valence-corrected chi connectivity index (χ0v) is 8.39. The van der Waals surface area contributed by atoms with Crippen LogP contribution in [0.25, 0.3) is 0 Å². The maximum Gasteiger partial charge on any atom is 0.0586 e. The average molecular weight is 222 g/mol. The van der Waals surface area contributed by atoms with Gasteiger partial charge >= 0.3 is 0 Å². The van der Waals surface area contributed by atoms with Crippen molar-refractivity contribution in [2.24, 2.45) is 0 Å². The molecular formula is C8H16BrNO. The molecule has 1 aliphatic heterocycles. The van der Waals surface area contributed by atoms with E-state index in [1.807, 2.05) is 0 Å². The van der Waals surface area contributed by atoms with Gasteiger partial charge < -0.3 is 5.11 Å². The van der Waals surface area contributed by atoms with Gasteiger partial charge in [0.05, 0.1) is 6.61 Å². The van der Waals surface area contributed by atoms with Gasteiger partial charge in [-0.15, -0.1) is 0 Å². The molecule has 66 valence electrons. The van der Waals surface area contributed by atoms with E-state index in [2.05, 4.69) is 20.8 Å². The third kappa shape index (κ3) is 2.73. The van der Waals surface area contributed by atoms with Gasteiger partial charge in [-0.25, -0.2) is 0 Å². The number of hydrogen-bond acceptors (Lipinski definition) is 2. The number of piperidine rings is 1. The summed E-state index contributed by atoms with van der Waals surface area (Å²) < 4.78 is 0. The monoisotopic (exact) mass is 221 g/mol. The Morgan fingerprint density at radius 2 is 2.27 bits per heavy atom. The summed E-state index contributed by atoms with van der Waals surface area (Å²) in [5, 5.41) is 10.0.